The van der Waals surface area contributed by atoms with Crippen LogP contribution in [-0.2, 0) is 6.42 Å². The molecule has 0 heterocycles. The Bertz CT molecular complexity index is 691. The molecule has 0 aromatic heterocycles. The fourth-order valence-corrected chi connectivity index (χ4v) is 1.74. The van der Waals surface area contributed by atoms with Crippen molar-refractivity contribution in [1.82, 2.24) is 0 Å². The van der Waals surface area contributed by atoms with Crippen LogP contribution in [0.25, 0.3) is 0 Å². The molecule has 108 valence electrons. The van der Waals surface area contributed by atoms with E-state index in [0.717, 1.165) is 0 Å². The van der Waals surface area contributed by atoms with Gasteiger partial charge in [0.1, 0.15) is 0 Å². The molecule has 0 fully saturated rings. The standard InChI is InChI=1S/C14H8F3NO3/c15-11-6-9(7-12(16)14(11)17)13(19)5-8-1-3-10(4-2-8)18(20)21/h1-4,6-7H,5H2. The van der Waals surface area contributed by atoms with Crippen molar-refractivity contribution in [1.29, 1.82) is 0 Å². The number of nitro groups is 1. The predicted octanol–water partition coefficient (Wildman–Crippen LogP) is 3.44. The number of nitro benzene ring substituents is 1. The molecule has 7 heteroatoms. The number of ketones is 1. The van der Waals surface area contributed by atoms with Gasteiger partial charge in [0.05, 0.1) is 4.92 Å². The van der Waals surface area contributed by atoms with Crippen LogP contribution in [-0.4, -0.2) is 10.7 Å². The van der Waals surface area contributed by atoms with Crippen LogP contribution in [0, 0.1) is 27.6 Å². The Morgan fingerprint density at radius 3 is 2.05 bits per heavy atom. The van der Waals surface area contributed by atoms with Crippen molar-refractivity contribution in [3.63, 3.8) is 0 Å². The van der Waals surface area contributed by atoms with E-state index in [4.69, 9.17) is 0 Å². The van der Waals surface area contributed by atoms with Gasteiger partial charge in [-0.15, -0.1) is 0 Å². The first kappa shape index (κ1) is 14.7. The molecule has 4 nitrogen and oxygen atoms in total. The SMILES string of the molecule is O=C(Cc1ccc([N+](=O)[O-])cc1)c1cc(F)c(F)c(F)c1. The van der Waals surface area contributed by atoms with Crippen molar-refractivity contribution in [2.75, 3.05) is 0 Å². The van der Waals surface area contributed by atoms with Crippen LogP contribution >= 0.6 is 0 Å². The zero-order valence-corrected chi connectivity index (χ0v) is 10.5. The first-order valence-electron chi connectivity index (χ1n) is 5.79. The van der Waals surface area contributed by atoms with E-state index in [1.54, 1.807) is 0 Å². The number of nitrogens with zero attached hydrogens (tertiary/aromatic N) is 1. The van der Waals surface area contributed by atoms with E-state index in [2.05, 4.69) is 0 Å². The highest BCUT2D eigenvalue weighted by Gasteiger charge is 2.15. The number of non-ortho nitro benzene ring substituents is 1. The lowest BCUT2D eigenvalue weighted by molar-refractivity contribution is -0.384. The van der Waals surface area contributed by atoms with E-state index in [-0.39, 0.29) is 17.7 Å². The first-order valence-corrected chi connectivity index (χ1v) is 5.79. The van der Waals surface area contributed by atoms with Crippen molar-refractivity contribution < 1.29 is 22.9 Å². The molecule has 0 saturated carbocycles. The van der Waals surface area contributed by atoms with Crippen molar-refractivity contribution in [2.24, 2.45) is 0 Å². The summed E-state index contributed by atoms with van der Waals surface area (Å²) < 4.78 is 38.9. The van der Waals surface area contributed by atoms with Crippen molar-refractivity contribution in [2.45, 2.75) is 6.42 Å². The van der Waals surface area contributed by atoms with Gasteiger partial charge < -0.3 is 0 Å². The van der Waals surface area contributed by atoms with Gasteiger partial charge in [-0.1, -0.05) is 12.1 Å². The second-order valence-electron chi connectivity index (χ2n) is 4.28. The van der Waals surface area contributed by atoms with Crippen molar-refractivity contribution in [3.05, 3.63) is 75.1 Å². The molecule has 0 amide bonds. The van der Waals surface area contributed by atoms with Gasteiger partial charge in [0.25, 0.3) is 5.69 Å². The summed E-state index contributed by atoms with van der Waals surface area (Å²) in [6.45, 7) is 0. The van der Waals surface area contributed by atoms with Crippen LogP contribution in [0.4, 0.5) is 18.9 Å². The van der Waals surface area contributed by atoms with Gasteiger partial charge in [-0.2, -0.15) is 0 Å². The van der Waals surface area contributed by atoms with Crippen LogP contribution in [0.5, 0.6) is 0 Å². The summed E-state index contributed by atoms with van der Waals surface area (Å²) >= 11 is 0. The third-order valence-corrected chi connectivity index (χ3v) is 2.82. The summed E-state index contributed by atoms with van der Waals surface area (Å²) in [6, 6.07) is 6.40. The van der Waals surface area contributed by atoms with E-state index in [1.807, 2.05) is 0 Å². The number of hydrogen-bond donors (Lipinski definition) is 0. The third kappa shape index (κ3) is 3.25. The molecule has 0 bridgehead atoms. The first-order chi connectivity index (χ1) is 9.88. The van der Waals surface area contributed by atoms with Crippen LogP contribution < -0.4 is 0 Å². The van der Waals surface area contributed by atoms with Crippen molar-refractivity contribution >= 4 is 11.5 Å². The van der Waals surface area contributed by atoms with Gasteiger partial charge in [-0.05, 0) is 17.7 Å². The summed E-state index contributed by atoms with van der Waals surface area (Å²) in [5.74, 6) is -5.15. The van der Waals surface area contributed by atoms with E-state index in [1.165, 1.54) is 24.3 Å². The molecule has 0 saturated heterocycles. The minimum atomic E-state index is -1.64. The Hall–Kier alpha value is -2.70. The second-order valence-corrected chi connectivity index (χ2v) is 4.28. The molecular weight excluding hydrogens is 287 g/mol. The highest BCUT2D eigenvalue weighted by molar-refractivity contribution is 5.97. The summed E-state index contributed by atoms with van der Waals surface area (Å²) in [6.07, 6.45) is -0.206. The van der Waals surface area contributed by atoms with Gasteiger partial charge in [-0.3, -0.25) is 14.9 Å². The molecule has 0 N–H and O–H groups in total. The topological polar surface area (TPSA) is 60.2 Å². The maximum absolute atomic E-state index is 13.0. The highest BCUT2D eigenvalue weighted by Crippen LogP contribution is 2.17. The average molecular weight is 295 g/mol. The fraction of sp³-hybridized carbons (Fsp3) is 0.0714. The van der Waals surface area contributed by atoms with Gasteiger partial charge >= 0.3 is 0 Å². The fourth-order valence-electron chi connectivity index (χ4n) is 1.74. The van der Waals surface area contributed by atoms with Crippen LogP contribution in [0.15, 0.2) is 36.4 Å². The summed E-state index contributed by atoms with van der Waals surface area (Å²) in [5.41, 5.74) is 0.00515. The smallest absolute Gasteiger partial charge is 0.269 e. The normalized spacial score (nSPS) is 10.4. The molecule has 0 spiro atoms. The number of benzene rings is 2. The number of halogens is 3. The maximum Gasteiger partial charge on any atom is 0.269 e. The number of rotatable bonds is 4. The largest absolute Gasteiger partial charge is 0.294 e. The van der Waals surface area contributed by atoms with Crippen LogP contribution in [0.2, 0.25) is 0 Å². The Morgan fingerprint density at radius 1 is 1.05 bits per heavy atom. The Balaban J connectivity index is 2.20. The number of carbonyl (C=O) groups excluding carboxylic acids is 1. The maximum atomic E-state index is 13.0. The molecule has 0 radical (unpaired) electrons. The number of hydrogen-bond acceptors (Lipinski definition) is 3. The average Bonchev–Trinajstić information content (AvgIpc) is 2.44. The Labute approximate surface area is 117 Å². The summed E-state index contributed by atoms with van der Waals surface area (Å²) in [4.78, 5) is 21.8. The zero-order valence-electron chi connectivity index (χ0n) is 10.5. The van der Waals surface area contributed by atoms with E-state index >= 15 is 0 Å². The second kappa shape index (κ2) is 5.74. The summed E-state index contributed by atoms with van der Waals surface area (Å²) in [7, 11) is 0. The highest BCUT2D eigenvalue weighted by atomic mass is 19.2. The Morgan fingerprint density at radius 2 is 1.57 bits per heavy atom. The minimum Gasteiger partial charge on any atom is -0.294 e. The van der Waals surface area contributed by atoms with Crippen LogP contribution in [0.1, 0.15) is 15.9 Å². The molecule has 21 heavy (non-hydrogen) atoms. The molecule has 2 rings (SSSR count). The van der Waals surface area contributed by atoms with Gasteiger partial charge in [0, 0.05) is 24.1 Å². The number of Topliss-reactive ketones (excluding diaryl/α,β-unsaturated/α-hetero) is 1. The monoisotopic (exact) mass is 295 g/mol. The number of carbonyl (C=O) groups is 1. The molecule has 0 unspecified atom stereocenters. The molecular formula is C14H8F3NO3. The predicted molar refractivity (Wildman–Crippen MR) is 67.4 cm³/mol. The lowest BCUT2D eigenvalue weighted by atomic mass is 10.0. The minimum absolute atomic E-state index is 0.134. The molecule has 0 aliphatic heterocycles. The summed E-state index contributed by atoms with van der Waals surface area (Å²) in [5, 5.41) is 10.5. The van der Waals surface area contributed by atoms with E-state index in [0.29, 0.717) is 17.7 Å². The molecule has 0 atom stereocenters. The lowest BCUT2D eigenvalue weighted by Crippen LogP contribution is -2.06. The zero-order chi connectivity index (χ0) is 15.6. The Kier molecular flexibility index (Phi) is 4.02. The van der Waals surface area contributed by atoms with Gasteiger partial charge in [0.2, 0.25) is 0 Å². The molecule has 2 aromatic carbocycles. The third-order valence-electron chi connectivity index (χ3n) is 2.82. The van der Waals surface area contributed by atoms with Crippen molar-refractivity contribution in [3.8, 4) is 0 Å². The molecule has 0 aliphatic carbocycles. The quantitative estimate of drug-likeness (QED) is 0.376. The van der Waals surface area contributed by atoms with Gasteiger partial charge in [-0.25, -0.2) is 13.2 Å². The van der Waals surface area contributed by atoms with Gasteiger partial charge in [0.15, 0.2) is 23.2 Å². The molecule has 2 aromatic rings. The van der Waals surface area contributed by atoms with E-state index < -0.39 is 28.2 Å². The van der Waals surface area contributed by atoms with E-state index in [9.17, 15) is 28.1 Å². The molecule has 0 aliphatic rings. The van der Waals surface area contributed by atoms with Crippen LogP contribution in [0.3, 0.4) is 0 Å². The lowest BCUT2D eigenvalue weighted by Gasteiger charge is -2.03.